The monoisotopic (exact) mass is 361 g/mol. The Balaban J connectivity index is 1.62. The molecule has 134 valence electrons. The lowest BCUT2D eigenvalue weighted by atomic mass is 9.95. The van der Waals surface area contributed by atoms with Crippen LogP contribution in [0.25, 0.3) is 11.3 Å². The second-order valence-corrected chi connectivity index (χ2v) is 7.66. The van der Waals surface area contributed by atoms with Gasteiger partial charge in [-0.25, -0.2) is 9.37 Å². The van der Waals surface area contributed by atoms with Crippen molar-refractivity contribution in [2.75, 3.05) is 25.0 Å². The number of rotatable bonds is 4. The highest BCUT2D eigenvalue weighted by molar-refractivity contribution is 7.14. The quantitative estimate of drug-likeness (QED) is 0.825. The van der Waals surface area contributed by atoms with Crippen LogP contribution in [0.3, 0.4) is 0 Å². The van der Waals surface area contributed by atoms with E-state index in [1.807, 2.05) is 31.2 Å². The average Bonchev–Trinajstić information content (AvgIpc) is 3.11. The standard InChI is InChI=1S/C19H24FN3OS/c1-13(2)22(3)18(24)15-8-10-23(11-9-15)19-21-17(12-25-19)14-4-6-16(20)7-5-14/h4-7,12-13,15H,8-11H2,1-3H3. The summed E-state index contributed by atoms with van der Waals surface area (Å²) in [5.41, 5.74) is 1.80. The molecule has 1 saturated heterocycles. The van der Waals surface area contributed by atoms with Gasteiger partial charge >= 0.3 is 0 Å². The Hall–Kier alpha value is -1.95. The van der Waals surface area contributed by atoms with Gasteiger partial charge in [-0.1, -0.05) is 0 Å². The lowest BCUT2D eigenvalue weighted by Gasteiger charge is -2.34. The zero-order chi connectivity index (χ0) is 18.0. The summed E-state index contributed by atoms with van der Waals surface area (Å²) in [5, 5.41) is 2.98. The third-order valence-corrected chi connectivity index (χ3v) is 5.77. The SMILES string of the molecule is CC(C)N(C)C(=O)C1CCN(c2nc(-c3ccc(F)cc3)cs2)CC1. The molecular weight excluding hydrogens is 337 g/mol. The van der Waals surface area contributed by atoms with Crippen LogP contribution in [0.1, 0.15) is 26.7 Å². The molecule has 0 N–H and O–H groups in total. The molecule has 0 radical (unpaired) electrons. The van der Waals surface area contributed by atoms with Crippen molar-refractivity contribution in [2.24, 2.45) is 5.92 Å². The normalized spacial score (nSPS) is 15.6. The molecule has 0 unspecified atom stereocenters. The molecule has 25 heavy (non-hydrogen) atoms. The third-order valence-electron chi connectivity index (χ3n) is 4.87. The van der Waals surface area contributed by atoms with Gasteiger partial charge in [0.2, 0.25) is 5.91 Å². The largest absolute Gasteiger partial charge is 0.348 e. The van der Waals surface area contributed by atoms with Gasteiger partial charge in [-0.3, -0.25) is 4.79 Å². The van der Waals surface area contributed by atoms with Crippen LogP contribution in [0.4, 0.5) is 9.52 Å². The van der Waals surface area contributed by atoms with E-state index in [1.54, 1.807) is 23.5 Å². The van der Waals surface area contributed by atoms with Crippen molar-refractivity contribution in [1.29, 1.82) is 0 Å². The van der Waals surface area contributed by atoms with Gasteiger partial charge in [-0.2, -0.15) is 0 Å². The van der Waals surface area contributed by atoms with Gasteiger partial charge in [0.25, 0.3) is 0 Å². The number of benzene rings is 1. The van der Waals surface area contributed by atoms with Gasteiger partial charge in [-0.15, -0.1) is 11.3 Å². The van der Waals surface area contributed by atoms with Crippen molar-refractivity contribution in [3.8, 4) is 11.3 Å². The molecule has 6 heteroatoms. The molecule has 0 atom stereocenters. The lowest BCUT2D eigenvalue weighted by molar-refractivity contribution is -0.136. The number of nitrogens with zero attached hydrogens (tertiary/aromatic N) is 3. The van der Waals surface area contributed by atoms with Crippen LogP contribution < -0.4 is 4.90 Å². The number of hydrogen-bond acceptors (Lipinski definition) is 4. The maximum Gasteiger partial charge on any atom is 0.225 e. The zero-order valence-corrected chi connectivity index (χ0v) is 15.7. The van der Waals surface area contributed by atoms with E-state index in [9.17, 15) is 9.18 Å². The Morgan fingerprint density at radius 3 is 2.52 bits per heavy atom. The first-order valence-corrected chi connectivity index (χ1v) is 9.56. The summed E-state index contributed by atoms with van der Waals surface area (Å²) < 4.78 is 13.0. The molecule has 0 aliphatic carbocycles. The van der Waals surface area contributed by atoms with Crippen molar-refractivity contribution in [3.05, 3.63) is 35.5 Å². The van der Waals surface area contributed by atoms with Crippen molar-refractivity contribution < 1.29 is 9.18 Å². The second-order valence-electron chi connectivity index (χ2n) is 6.83. The molecular formula is C19H24FN3OS. The molecule has 3 rings (SSSR count). The first kappa shape index (κ1) is 17.9. The van der Waals surface area contributed by atoms with Crippen LogP contribution >= 0.6 is 11.3 Å². The molecule has 4 nitrogen and oxygen atoms in total. The summed E-state index contributed by atoms with van der Waals surface area (Å²) in [6, 6.07) is 6.65. The number of hydrogen-bond donors (Lipinski definition) is 0. The zero-order valence-electron chi connectivity index (χ0n) is 14.9. The smallest absolute Gasteiger partial charge is 0.225 e. The summed E-state index contributed by atoms with van der Waals surface area (Å²) in [5.74, 6) is 0.123. The molecule has 1 aromatic heterocycles. The number of anilines is 1. The minimum absolute atomic E-state index is 0.111. The number of halogens is 1. The predicted molar refractivity (Wildman–Crippen MR) is 100 cm³/mol. The number of carbonyl (C=O) groups is 1. The molecule has 1 amide bonds. The number of thiazole rings is 1. The van der Waals surface area contributed by atoms with Crippen LogP contribution in [-0.2, 0) is 4.79 Å². The van der Waals surface area contributed by atoms with Crippen LogP contribution in [0.2, 0.25) is 0 Å². The number of amides is 1. The Labute approximate surface area is 152 Å². The van der Waals surface area contributed by atoms with E-state index in [1.165, 1.54) is 12.1 Å². The summed E-state index contributed by atoms with van der Waals surface area (Å²) in [6.45, 7) is 5.77. The van der Waals surface area contributed by atoms with Gasteiger partial charge in [0, 0.05) is 43.0 Å². The maximum absolute atomic E-state index is 13.0. The highest BCUT2D eigenvalue weighted by Gasteiger charge is 2.29. The first-order valence-electron chi connectivity index (χ1n) is 8.69. The van der Waals surface area contributed by atoms with Gasteiger partial charge < -0.3 is 9.80 Å². The van der Waals surface area contributed by atoms with E-state index in [-0.39, 0.29) is 23.7 Å². The van der Waals surface area contributed by atoms with Gasteiger partial charge in [0.15, 0.2) is 5.13 Å². The van der Waals surface area contributed by atoms with Crippen molar-refractivity contribution in [1.82, 2.24) is 9.88 Å². The predicted octanol–water partition coefficient (Wildman–Crippen LogP) is 4.03. The fraction of sp³-hybridized carbons (Fsp3) is 0.474. The second kappa shape index (κ2) is 7.52. The van der Waals surface area contributed by atoms with Crippen LogP contribution in [-0.4, -0.2) is 42.0 Å². The average molecular weight is 361 g/mol. The third kappa shape index (κ3) is 4.00. The van der Waals surface area contributed by atoms with Crippen molar-refractivity contribution in [2.45, 2.75) is 32.7 Å². The van der Waals surface area contributed by atoms with E-state index in [2.05, 4.69) is 4.90 Å². The molecule has 2 heterocycles. The van der Waals surface area contributed by atoms with Gasteiger partial charge in [0.05, 0.1) is 5.69 Å². The highest BCUT2D eigenvalue weighted by Crippen LogP contribution is 2.31. The van der Waals surface area contributed by atoms with Crippen LogP contribution in [0.5, 0.6) is 0 Å². The molecule has 0 bridgehead atoms. The summed E-state index contributed by atoms with van der Waals surface area (Å²) >= 11 is 1.60. The van der Waals surface area contributed by atoms with Gasteiger partial charge in [0.1, 0.15) is 5.82 Å². The fourth-order valence-electron chi connectivity index (χ4n) is 3.02. The van der Waals surface area contributed by atoms with E-state index >= 15 is 0 Å². The first-order chi connectivity index (χ1) is 12.0. The number of carbonyl (C=O) groups excluding carboxylic acids is 1. The number of piperidine rings is 1. The van der Waals surface area contributed by atoms with E-state index < -0.39 is 0 Å². The molecule has 1 aromatic carbocycles. The molecule has 1 fully saturated rings. The Morgan fingerprint density at radius 1 is 1.28 bits per heavy atom. The van der Waals surface area contributed by atoms with Gasteiger partial charge in [-0.05, 0) is 51.0 Å². The maximum atomic E-state index is 13.0. The molecule has 2 aromatic rings. The summed E-state index contributed by atoms with van der Waals surface area (Å²) in [7, 11) is 1.88. The van der Waals surface area contributed by atoms with Crippen LogP contribution in [0, 0.1) is 11.7 Å². The number of aromatic nitrogens is 1. The van der Waals surface area contributed by atoms with E-state index in [4.69, 9.17) is 4.98 Å². The fourth-order valence-corrected chi connectivity index (χ4v) is 3.91. The molecule has 0 saturated carbocycles. The minimum atomic E-state index is -0.239. The Kier molecular flexibility index (Phi) is 5.37. The Bertz CT molecular complexity index is 721. The van der Waals surface area contributed by atoms with E-state index in [0.29, 0.717) is 0 Å². The summed E-state index contributed by atoms with van der Waals surface area (Å²) in [6.07, 6.45) is 1.72. The van der Waals surface area contributed by atoms with Crippen molar-refractivity contribution in [3.63, 3.8) is 0 Å². The summed E-state index contributed by atoms with van der Waals surface area (Å²) in [4.78, 5) is 21.2. The highest BCUT2D eigenvalue weighted by atomic mass is 32.1. The van der Waals surface area contributed by atoms with Crippen molar-refractivity contribution >= 4 is 22.4 Å². The molecule has 0 spiro atoms. The Morgan fingerprint density at radius 2 is 1.92 bits per heavy atom. The topological polar surface area (TPSA) is 36.4 Å². The van der Waals surface area contributed by atoms with Crippen LogP contribution in [0.15, 0.2) is 29.6 Å². The molecule has 1 aliphatic rings. The molecule has 1 aliphatic heterocycles. The van der Waals surface area contributed by atoms with E-state index in [0.717, 1.165) is 42.3 Å². The minimum Gasteiger partial charge on any atom is -0.348 e. The lowest BCUT2D eigenvalue weighted by Crippen LogP contribution is -2.43.